The number of nitrogens with zero attached hydrogens (tertiary/aromatic N) is 1. The second kappa shape index (κ2) is 4.21. The molecular formula is C9H19NO2. The molecule has 3 nitrogen and oxygen atoms in total. The fourth-order valence-electron chi connectivity index (χ4n) is 1.61. The van der Waals surface area contributed by atoms with Crippen molar-refractivity contribution in [3.05, 3.63) is 0 Å². The van der Waals surface area contributed by atoms with Crippen LogP contribution in [0.3, 0.4) is 0 Å². The molecule has 0 aromatic carbocycles. The Morgan fingerprint density at radius 2 is 1.50 bits per heavy atom. The lowest BCUT2D eigenvalue weighted by Gasteiger charge is -2.23. The van der Waals surface area contributed by atoms with Gasteiger partial charge in [0, 0.05) is 19.1 Å². The molecule has 3 heteroatoms. The Kier molecular flexibility index (Phi) is 3.50. The summed E-state index contributed by atoms with van der Waals surface area (Å²) in [6.45, 7) is 6.08. The summed E-state index contributed by atoms with van der Waals surface area (Å²) in [7, 11) is 0. The van der Waals surface area contributed by atoms with Gasteiger partial charge in [0.2, 0.25) is 0 Å². The molecule has 0 radical (unpaired) electrons. The molecule has 1 aliphatic heterocycles. The maximum absolute atomic E-state index is 9.38. The lowest BCUT2D eigenvalue weighted by Crippen LogP contribution is -2.31. The topological polar surface area (TPSA) is 43.7 Å². The quantitative estimate of drug-likeness (QED) is 0.596. The highest BCUT2D eigenvalue weighted by molar-refractivity contribution is 4.77. The number of hydrogen-bond donors (Lipinski definition) is 2. The zero-order chi connectivity index (χ0) is 9.14. The second-order valence-corrected chi connectivity index (χ2v) is 3.84. The number of hydrogen-bond acceptors (Lipinski definition) is 3. The fraction of sp³-hybridized carbons (Fsp3) is 1.00. The van der Waals surface area contributed by atoms with Crippen LogP contribution in [0.15, 0.2) is 0 Å². The van der Waals surface area contributed by atoms with E-state index in [0.717, 1.165) is 13.1 Å². The van der Waals surface area contributed by atoms with E-state index < -0.39 is 12.2 Å². The van der Waals surface area contributed by atoms with Crippen molar-refractivity contribution in [2.45, 2.75) is 44.9 Å². The molecule has 0 bridgehead atoms. The zero-order valence-electron chi connectivity index (χ0n) is 7.90. The van der Waals surface area contributed by atoms with Crippen molar-refractivity contribution < 1.29 is 10.2 Å². The molecule has 0 unspecified atom stereocenters. The van der Waals surface area contributed by atoms with Crippen molar-refractivity contribution in [3.8, 4) is 0 Å². The minimum Gasteiger partial charge on any atom is -0.390 e. The Morgan fingerprint density at radius 1 is 1.08 bits per heavy atom. The lowest BCUT2D eigenvalue weighted by atomic mass is 10.1. The van der Waals surface area contributed by atoms with Gasteiger partial charge in [-0.2, -0.15) is 0 Å². The average Bonchev–Trinajstić information content (AvgIpc) is 2.16. The molecule has 0 spiro atoms. The predicted octanol–water partition coefficient (Wildman–Crippen LogP) is 0.212. The van der Waals surface area contributed by atoms with E-state index in [4.69, 9.17) is 0 Å². The smallest absolute Gasteiger partial charge is 0.0811 e. The van der Waals surface area contributed by atoms with Gasteiger partial charge in [-0.3, -0.25) is 0 Å². The van der Waals surface area contributed by atoms with Crippen LogP contribution in [-0.4, -0.2) is 46.5 Å². The number of likely N-dealkylation sites (tertiary alicyclic amines) is 1. The molecule has 12 heavy (non-hydrogen) atoms. The zero-order valence-corrected chi connectivity index (χ0v) is 7.90. The minimum absolute atomic E-state index is 0.516. The van der Waals surface area contributed by atoms with Gasteiger partial charge < -0.3 is 15.1 Å². The van der Waals surface area contributed by atoms with Gasteiger partial charge in [0.25, 0.3) is 0 Å². The monoisotopic (exact) mass is 173 g/mol. The van der Waals surface area contributed by atoms with Crippen LogP contribution in [-0.2, 0) is 0 Å². The first-order valence-electron chi connectivity index (χ1n) is 4.71. The molecule has 0 aliphatic carbocycles. The highest BCUT2D eigenvalue weighted by Gasteiger charge is 2.23. The van der Waals surface area contributed by atoms with E-state index in [1.807, 2.05) is 0 Å². The molecule has 0 amide bonds. The molecule has 1 heterocycles. The Bertz CT molecular complexity index is 126. The summed E-state index contributed by atoms with van der Waals surface area (Å²) in [6, 6.07) is 0.516. The van der Waals surface area contributed by atoms with Crippen LogP contribution in [0.5, 0.6) is 0 Å². The highest BCUT2D eigenvalue weighted by Crippen LogP contribution is 2.13. The number of rotatable bonds is 1. The summed E-state index contributed by atoms with van der Waals surface area (Å²) in [5.74, 6) is 0. The first kappa shape index (κ1) is 9.96. The highest BCUT2D eigenvalue weighted by atomic mass is 16.3. The van der Waals surface area contributed by atoms with Crippen molar-refractivity contribution in [2.24, 2.45) is 0 Å². The molecular weight excluding hydrogens is 154 g/mol. The maximum Gasteiger partial charge on any atom is 0.0811 e. The van der Waals surface area contributed by atoms with E-state index in [9.17, 15) is 10.2 Å². The molecule has 0 aromatic rings. The first-order chi connectivity index (χ1) is 5.61. The number of aliphatic hydroxyl groups excluding tert-OH is 2. The average molecular weight is 173 g/mol. The van der Waals surface area contributed by atoms with E-state index in [2.05, 4.69) is 18.7 Å². The molecule has 72 valence electrons. The molecule has 0 aromatic heterocycles. The Hall–Kier alpha value is -0.120. The van der Waals surface area contributed by atoms with E-state index in [1.165, 1.54) is 0 Å². The normalized spacial score (nSPS) is 33.8. The maximum atomic E-state index is 9.38. The second-order valence-electron chi connectivity index (χ2n) is 3.84. The molecule has 1 saturated heterocycles. The van der Waals surface area contributed by atoms with E-state index in [1.54, 1.807) is 0 Å². The van der Waals surface area contributed by atoms with E-state index in [-0.39, 0.29) is 0 Å². The first-order valence-corrected chi connectivity index (χ1v) is 4.71. The van der Waals surface area contributed by atoms with Gasteiger partial charge in [0.15, 0.2) is 0 Å². The number of aliphatic hydroxyl groups is 2. The van der Waals surface area contributed by atoms with Gasteiger partial charge in [0.1, 0.15) is 0 Å². The standard InChI is InChI=1S/C9H19NO2/c1-7(2)10-5-3-8(11)9(12)4-6-10/h7-9,11-12H,3-6H2,1-2H3/t8-,9-/m0/s1. The third kappa shape index (κ3) is 2.44. The van der Waals surface area contributed by atoms with Crippen molar-refractivity contribution >= 4 is 0 Å². The van der Waals surface area contributed by atoms with E-state index in [0.29, 0.717) is 18.9 Å². The van der Waals surface area contributed by atoms with Gasteiger partial charge in [-0.05, 0) is 26.7 Å². The molecule has 0 saturated carbocycles. The fourth-order valence-corrected chi connectivity index (χ4v) is 1.61. The van der Waals surface area contributed by atoms with Crippen LogP contribution in [0.1, 0.15) is 26.7 Å². The summed E-state index contributed by atoms with van der Waals surface area (Å²) >= 11 is 0. The minimum atomic E-state index is -0.520. The van der Waals surface area contributed by atoms with Crippen molar-refractivity contribution in [1.82, 2.24) is 4.90 Å². The van der Waals surface area contributed by atoms with Gasteiger partial charge in [0.05, 0.1) is 12.2 Å². The van der Waals surface area contributed by atoms with Crippen LogP contribution < -0.4 is 0 Å². The Morgan fingerprint density at radius 3 is 1.83 bits per heavy atom. The van der Waals surface area contributed by atoms with Gasteiger partial charge in [-0.15, -0.1) is 0 Å². The van der Waals surface area contributed by atoms with Crippen LogP contribution in [0.25, 0.3) is 0 Å². The molecule has 2 N–H and O–H groups in total. The molecule has 1 aliphatic rings. The van der Waals surface area contributed by atoms with Crippen molar-refractivity contribution in [3.63, 3.8) is 0 Å². The summed E-state index contributed by atoms with van der Waals surface area (Å²) in [6.07, 6.45) is 0.348. The third-order valence-electron chi connectivity index (χ3n) is 2.60. The summed E-state index contributed by atoms with van der Waals surface area (Å²) < 4.78 is 0. The summed E-state index contributed by atoms with van der Waals surface area (Å²) in [5, 5.41) is 18.8. The van der Waals surface area contributed by atoms with Crippen LogP contribution in [0, 0.1) is 0 Å². The Balaban J connectivity index is 2.44. The van der Waals surface area contributed by atoms with Crippen molar-refractivity contribution in [1.29, 1.82) is 0 Å². The largest absolute Gasteiger partial charge is 0.390 e. The Labute approximate surface area is 74.0 Å². The lowest BCUT2D eigenvalue weighted by molar-refractivity contribution is 0.0187. The SMILES string of the molecule is CC(C)N1CC[C@H](O)[C@@H](O)CC1. The van der Waals surface area contributed by atoms with Crippen LogP contribution in [0.2, 0.25) is 0 Å². The third-order valence-corrected chi connectivity index (χ3v) is 2.60. The van der Waals surface area contributed by atoms with Crippen LogP contribution in [0.4, 0.5) is 0 Å². The molecule has 1 rings (SSSR count). The van der Waals surface area contributed by atoms with Gasteiger partial charge in [-0.25, -0.2) is 0 Å². The van der Waals surface area contributed by atoms with Crippen molar-refractivity contribution in [2.75, 3.05) is 13.1 Å². The molecule has 1 fully saturated rings. The van der Waals surface area contributed by atoms with Crippen LogP contribution >= 0.6 is 0 Å². The summed E-state index contributed by atoms with van der Waals surface area (Å²) in [5.41, 5.74) is 0. The summed E-state index contributed by atoms with van der Waals surface area (Å²) in [4.78, 5) is 2.29. The van der Waals surface area contributed by atoms with E-state index >= 15 is 0 Å². The molecule has 2 atom stereocenters. The van der Waals surface area contributed by atoms with Gasteiger partial charge >= 0.3 is 0 Å². The van der Waals surface area contributed by atoms with Gasteiger partial charge in [-0.1, -0.05) is 0 Å². The predicted molar refractivity (Wildman–Crippen MR) is 48.0 cm³/mol.